The number of carbonyl (C=O) groups excluding carboxylic acids is 1. The van der Waals surface area contributed by atoms with Crippen LogP contribution >= 0.6 is 0 Å². The summed E-state index contributed by atoms with van der Waals surface area (Å²) in [5, 5.41) is 6.08. The molecule has 1 amide bonds. The number of aromatic amines is 1. The number of aryl methyl sites for hydroxylation is 1. The lowest BCUT2D eigenvalue weighted by Crippen LogP contribution is -2.48. The maximum atomic E-state index is 13.5. The van der Waals surface area contributed by atoms with Crippen molar-refractivity contribution < 1.29 is 4.79 Å². The Morgan fingerprint density at radius 3 is 2.55 bits per heavy atom. The number of carbonyl (C=O) groups is 1. The molecule has 1 N–H and O–H groups in total. The molecule has 7 nitrogen and oxygen atoms in total. The fourth-order valence-corrected chi connectivity index (χ4v) is 4.99. The molecule has 2 aromatic heterocycles. The lowest BCUT2D eigenvalue weighted by atomic mass is 9.93. The normalized spacial score (nSPS) is 18.1. The summed E-state index contributed by atoms with van der Waals surface area (Å²) in [4.78, 5) is 33.7. The van der Waals surface area contributed by atoms with Crippen LogP contribution in [0.1, 0.15) is 61.5 Å². The molecule has 5 rings (SSSR count). The average molecular weight is 422 g/mol. The van der Waals surface area contributed by atoms with Crippen molar-refractivity contribution >= 4 is 27.7 Å². The second-order valence-corrected chi connectivity index (χ2v) is 8.93. The summed E-state index contributed by atoms with van der Waals surface area (Å²) < 4.78 is 2.01. The van der Waals surface area contributed by atoms with Gasteiger partial charge in [0.05, 0.1) is 28.7 Å². The highest BCUT2D eigenvalue weighted by atomic mass is 16.2. The van der Waals surface area contributed by atoms with Crippen molar-refractivity contribution in [3.05, 3.63) is 39.8 Å². The number of hydrogen-bond donors (Lipinski definition) is 1. The number of rotatable bonds is 5. The van der Waals surface area contributed by atoms with Gasteiger partial charge in [-0.1, -0.05) is 13.8 Å². The molecular formula is C24H31N5O2. The third-order valence-corrected chi connectivity index (χ3v) is 7.02. The van der Waals surface area contributed by atoms with Crippen LogP contribution in [-0.4, -0.2) is 63.2 Å². The highest BCUT2D eigenvalue weighted by Gasteiger charge is 2.26. The number of aromatic nitrogens is 3. The first-order valence-corrected chi connectivity index (χ1v) is 11.7. The van der Waals surface area contributed by atoms with Crippen molar-refractivity contribution in [2.75, 3.05) is 32.7 Å². The number of pyridine rings is 1. The zero-order chi connectivity index (χ0) is 21.5. The second kappa shape index (κ2) is 8.11. The van der Waals surface area contributed by atoms with E-state index in [1.54, 1.807) is 6.20 Å². The summed E-state index contributed by atoms with van der Waals surface area (Å²) in [5.41, 5.74) is 3.29. The third-order valence-electron chi connectivity index (χ3n) is 7.02. The highest BCUT2D eigenvalue weighted by molar-refractivity contribution is 6.07. The van der Waals surface area contributed by atoms with Crippen LogP contribution in [0.4, 0.5) is 0 Å². The van der Waals surface area contributed by atoms with E-state index in [0.29, 0.717) is 11.4 Å². The summed E-state index contributed by atoms with van der Waals surface area (Å²) in [7, 11) is 0. The number of nitrogens with zero attached hydrogens (tertiary/aromatic N) is 4. The molecule has 1 aliphatic heterocycles. The number of H-pyrrole nitrogens is 1. The van der Waals surface area contributed by atoms with Gasteiger partial charge in [-0.15, -0.1) is 0 Å². The first kappa shape index (κ1) is 20.2. The lowest BCUT2D eigenvalue weighted by molar-refractivity contribution is 0.0636. The van der Waals surface area contributed by atoms with Crippen LogP contribution in [0.2, 0.25) is 0 Å². The molecule has 0 spiro atoms. The van der Waals surface area contributed by atoms with E-state index in [1.807, 2.05) is 21.7 Å². The Hall–Kier alpha value is -2.67. The van der Waals surface area contributed by atoms with Gasteiger partial charge >= 0.3 is 0 Å². The smallest absolute Gasteiger partial charge is 0.259 e. The van der Waals surface area contributed by atoms with Gasteiger partial charge in [-0.2, -0.15) is 5.10 Å². The fourth-order valence-electron chi connectivity index (χ4n) is 4.99. The number of benzene rings is 1. The molecule has 1 aliphatic carbocycles. The molecule has 7 heteroatoms. The molecule has 1 saturated heterocycles. The molecule has 1 aromatic carbocycles. The molecule has 164 valence electrons. The van der Waals surface area contributed by atoms with Crippen molar-refractivity contribution in [1.82, 2.24) is 24.6 Å². The van der Waals surface area contributed by atoms with E-state index in [0.717, 1.165) is 86.0 Å². The zero-order valence-corrected chi connectivity index (χ0v) is 18.5. The van der Waals surface area contributed by atoms with E-state index >= 15 is 0 Å². The summed E-state index contributed by atoms with van der Waals surface area (Å²) >= 11 is 0. The number of hydrogen-bond acceptors (Lipinski definition) is 4. The van der Waals surface area contributed by atoms with Crippen molar-refractivity contribution in [3.8, 4) is 0 Å². The van der Waals surface area contributed by atoms with Crippen LogP contribution in [0.15, 0.2) is 23.1 Å². The molecule has 3 heterocycles. The molecule has 0 atom stereocenters. The maximum Gasteiger partial charge on any atom is 0.259 e. The monoisotopic (exact) mass is 421 g/mol. The van der Waals surface area contributed by atoms with Gasteiger partial charge in [-0.3, -0.25) is 19.2 Å². The van der Waals surface area contributed by atoms with Crippen molar-refractivity contribution in [2.24, 2.45) is 0 Å². The number of nitrogens with one attached hydrogen (secondary N) is 1. The van der Waals surface area contributed by atoms with E-state index in [1.165, 1.54) is 6.42 Å². The van der Waals surface area contributed by atoms with Gasteiger partial charge in [0.25, 0.3) is 11.5 Å². The number of piperazine rings is 1. The zero-order valence-electron chi connectivity index (χ0n) is 18.5. The second-order valence-electron chi connectivity index (χ2n) is 8.93. The van der Waals surface area contributed by atoms with Gasteiger partial charge < -0.3 is 9.88 Å². The molecular weight excluding hydrogens is 390 g/mol. The lowest BCUT2D eigenvalue weighted by Gasteiger charge is -2.35. The minimum atomic E-state index is -0.110. The first-order valence-electron chi connectivity index (χ1n) is 11.7. The average Bonchev–Trinajstić information content (AvgIpc) is 3.17. The van der Waals surface area contributed by atoms with Gasteiger partial charge in [0.1, 0.15) is 0 Å². The van der Waals surface area contributed by atoms with E-state index < -0.39 is 0 Å². The van der Waals surface area contributed by atoms with Crippen molar-refractivity contribution in [3.63, 3.8) is 0 Å². The highest BCUT2D eigenvalue weighted by Crippen LogP contribution is 2.35. The fraction of sp³-hybridized carbons (Fsp3) is 0.542. The van der Waals surface area contributed by atoms with Gasteiger partial charge in [0.15, 0.2) is 0 Å². The Bertz CT molecular complexity index is 1180. The van der Waals surface area contributed by atoms with Crippen molar-refractivity contribution in [1.29, 1.82) is 0 Å². The quantitative estimate of drug-likeness (QED) is 0.686. The molecule has 31 heavy (non-hydrogen) atoms. The van der Waals surface area contributed by atoms with Crippen molar-refractivity contribution in [2.45, 2.75) is 52.0 Å². The van der Waals surface area contributed by atoms with Crippen LogP contribution in [-0.2, 0) is 6.42 Å². The Balaban J connectivity index is 1.59. The maximum absolute atomic E-state index is 13.5. The minimum Gasteiger partial charge on any atom is -0.336 e. The SMILES string of the molecule is CCCN1CCN(C(=O)c2cc3c(cc2CC)[nH]c(=O)c2cnn(C4CCC4)c23)CC1. The number of fused-ring (bicyclic) bond motifs is 3. The molecule has 0 bridgehead atoms. The minimum absolute atomic E-state index is 0.101. The third kappa shape index (κ3) is 3.45. The predicted octanol–water partition coefficient (Wildman–Crippen LogP) is 3.33. The van der Waals surface area contributed by atoms with E-state index in [-0.39, 0.29) is 11.5 Å². The Labute approximate surface area is 182 Å². The molecule has 2 fully saturated rings. The largest absolute Gasteiger partial charge is 0.336 e. The number of amides is 1. The van der Waals surface area contributed by atoms with Crippen LogP contribution in [0.5, 0.6) is 0 Å². The molecule has 1 saturated carbocycles. The van der Waals surface area contributed by atoms with Crippen LogP contribution in [0.25, 0.3) is 21.8 Å². The standard InChI is InChI=1S/C24H31N5O2/c1-3-8-27-9-11-28(12-10-27)24(31)18-14-19-21(13-16(18)4-2)26-23(30)20-15-25-29(22(19)20)17-6-5-7-17/h13-15,17H,3-12H2,1-2H3,(H,26,30). The molecule has 3 aromatic rings. The Morgan fingerprint density at radius 1 is 1.13 bits per heavy atom. The molecule has 0 unspecified atom stereocenters. The van der Waals surface area contributed by atoms with Crippen LogP contribution in [0, 0.1) is 0 Å². The summed E-state index contributed by atoms with van der Waals surface area (Å²) in [6.07, 6.45) is 6.93. The predicted molar refractivity (Wildman–Crippen MR) is 123 cm³/mol. The van der Waals surface area contributed by atoms with Crippen LogP contribution in [0.3, 0.4) is 0 Å². The van der Waals surface area contributed by atoms with Gasteiger partial charge in [0, 0.05) is 37.1 Å². The van der Waals surface area contributed by atoms with E-state index in [4.69, 9.17) is 0 Å². The summed E-state index contributed by atoms with van der Waals surface area (Å²) in [6.45, 7) is 8.74. The summed E-state index contributed by atoms with van der Waals surface area (Å²) in [6, 6.07) is 4.35. The Kier molecular flexibility index (Phi) is 5.30. The van der Waals surface area contributed by atoms with E-state index in [9.17, 15) is 9.59 Å². The van der Waals surface area contributed by atoms with Gasteiger partial charge in [0.2, 0.25) is 0 Å². The van der Waals surface area contributed by atoms with Gasteiger partial charge in [-0.05, 0) is 56.3 Å². The van der Waals surface area contributed by atoms with Gasteiger partial charge in [-0.25, -0.2) is 0 Å². The molecule has 0 radical (unpaired) electrons. The van der Waals surface area contributed by atoms with E-state index in [2.05, 4.69) is 28.8 Å². The summed E-state index contributed by atoms with van der Waals surface area (Å²) in [5.74, 6) is 0.101. The molecule has 2 aliphatic rings. The van der Waals surface area contributed by atoms with Crippen LogP contribution < -0.4 is 5.56 Å². The topological polar surface area (TPSA) is 74.2 Å². The first-order chi connectivity index (χ1) is 15.1. The Morgan fingerprint density at radius 2 is 1.90 bits per heavy atom.